The normalized spacial score (nSPS) is 13.9. The minimum Gasteiger partial charge on any atom is -0.452 e. The summed E-state index contributed by atoms with van der Waals surface area (Å²) in [4.78, 5) is 31.0. The molecule has 2 aromatic carbocycles. The van der Waals surface area contributed by atoms with Crippen molar-refractivity contribution in [3.8, 4) is 0 Å². The molecule has 1 amide bonds. The molecule has 3 aromatic rings. The Balaban J connectivity index is 1.71. The Morgan fingerprint density at radius 3 is 2.61 bits per heavy atom. The predicted molar refractivity (Wildman–Crippen MR) is 105 cm³/mol. The third-order valence-electron chi connectivity index (χ3n) is 4.92. The first-order valence-electron chi connectivity index (χ1n) is 9.24. The van der Waals surface area contributed by atoms with Gasteiger partial charge in [0.2, 0.25) is 0 Å². The molecule has 2 N–H and O–H groups in total. The van der Waals surface area contributed by atoms with E-state index in [9.17, 15) is 9.59 Å². The number of aromatic nitrogens is 1. The number of para-hydroxylation sites is 1. The molecule has 6 nitrogen and oxygen atoms in total. The van der Waals surface area contributed by atoms with Crippen molar-refractivity contribution < 1.29 is 14.3 Å². The van der Waals surface area contributed by atoms with Crippen LogP contribution in [0.5, 0.6) is 0 Å². The molecule has 0 unspecified atom stereocenters. The van der Waals surface area contributed by atoms with Crippen LogP contribution >= 0.6 is 0 Å². The van der Waals surface area contributed by atoms with Crippen LogP contribution in [0.15, 0.2) is 54.6 Å². The van der Waals surface area contributed by atoms with Crippen LogP contribution in [0.3, 0.4) is 0 Å². The standard InChI is InChI=1S/C22H21N3O3/c23-20(26)14-28-22(27)21-16-8-4-5-9-18(16)24-19-10-11-25(13-17(19)21)12-15-6-2-1-3-7-15/h1-9H,10-14H2,(H2,23,26). The molecule has 4 rings (SSSR count). The van der Waals surface area contributed by atoms with E-state index in [-0.39, 0.29) is 0 Å². The number of carbonyl (C=O) groups is 2. The van der Waals surface area contributed by atoms with Crippen molar-refractivity contribution in [3.05, 3.63) is 77.0 Å². The Morgan fingerprint density at radius 2 is 1.82 bits per heavy atom. The van der Waals surface area contributed by atoms with Gasteiger partial charge in [-0.15, -0.1) is 0 Å². The van der Waals surface area contributed by atoms with Crippen molar-refractivity contribution in [1.29, 1.82) is 0 Å². The zero-order chi connectivity index (χ0) is 19.5. The molecule has 0 spiro atoms. The van der Waals surface area contributed by atoms with Gasteiger partial charge in [0.15, 0.2) is 6.61 Å². The maximum Gasteiger partial charge on any atom is 0.339 e. The van der Waals surface area contributed by atoms with Gasteiger partial charge in [-0.1, -0.05) is 48.5 Å². The first-order chi connectivity index (χ1) is 13.6. The van der Waals surface area contributed by atoms with Gasteiger partial charge in [0.1, 0.15) is 0 Å². The van der Waals surface area contributed by atoms with Gasteiger partial charge < -0.3 is 10.5 Å². The van der Waals surface area contributed by atoms with E-state index in [1.807, 2.05) is 42.5 Å². The summed E-state index contributed by atoms with van der Waals surface area (Å²) in [6.45, 7) is 1.83. The summed E-state index contributed by atoms with van der Waals surface area (Å²) in [7, 11) is 0. The van der Waals surface area contributed by atoms with Gasteiger partial charge in [0.05, 0.1) is 11.1 Å². The van der Waals surface area contributed by atoms with Crippen molar-refractivity contribution in [2.45, 2.75) is 19.5 Å². The number of rotatable bonds is 5. The summed E-state index contributed by atoms with van der Waals surface area (Å²) in [6, 6.07) is 17.7. The molecule has 1 aliphatic rings. The highest BCUT2D eigenvalue weighted by atomic mass is 16.5. The van der Waals surface area contributed by atoms with Crippen molar-refractivity contribution in [1.82, 2.24) is 9.88 Å². The number of nitrogens with zero attached hydrogens (tertiary/aromatic N) is 2. The molecular formula is C22H21N3O3. The van der Waals surface area contributed by atoms with Crippen molar-refractivity contribution in [2.24, 2.45) is 5.73 Å². The lowest BCUT2D eigenvalue weighted by Gasteiger charge is -2.30. The third-order valence-corrected chi connectivity index (χ3v) is 4.92. The maximum absolute atomic E-state index is 12.8. The number of pyridine rings is 1. The van der Waals surface area contributed by atoms with Crippen molar-refractivity contribution in [3.63, 3.8) is 0 Å². The largest absolute Gasteiger partial charge is 0.452 e. The second kappa shape index (κ2) is 7.78. The Bertz CT molecular complexity index is 1030. The molecule has 142 valence electrons. The molecule has 0 aliphatic carbocycles. The average molecular weight is 375 g/mol. The fourth-order valence-electron chi connectivity index (χ4n) is 3.66. The summed E-state index contributed by atoms with van der Waals surface area (Å²) >= 11 is 0. The summed E-state index contributed by atoms with van der Waals surface area (Å²) in [5.74, 6) is -1.21. The molecular weight excluding hydrogens is 354 g/mol. The molecule has 0 saturated heterocycles. The van der Waals surface area contributed by atoms with Crippen LogP contribution in [0.25, 0.3) is 10.9 Å². The number of nitrogens with two attached hydrogens (primary N) is 1. The first-order valence-corrected chi connectivity index (χ1v) is 9.24. The van der Waals surface area contributed by atoms with Gasteiger partial charge in [0.25, 0.3) is 5.91 Å². The van der Waals surface area contributed by atoms with Gasteiger partial charge >= 0.3 is 5.97 Å². The molecule has 6 heteroatoms. The number of benzene rings is 2. The maximum atomic E-state index is 12.8. The lowest BCUT2D eigenvalue weighted by atomic mass is 9.95. The molecule has 0 bridgehead atoms. The van der Waals surface area contributed by atoms with Crippen LogP contribution in [0, 0.1) is 0 Å². The molecule has 0 fully saturated rings. The Hall–Kier alpha value is -3.25. The van der Waals surface area contributed by atoms with Crippen LogP contribution in [0.1, 0.15) is 27.2 Å². The number of fused-ring (bicyclic) bond motifs is 2. The number of carbonyl (C=O) groups excluding carboxylic acids is 2. The highest BCUT2D eigenvalue weighted by molar-refractivity contribution is 6.05. The zero-order valence-corrected chi connectivity index (χ0v) is 15.4. The number of amides is 1. The summed E-state index contributed by atoms with van der Waals surface area (Å²) in [5, 5.41) is 0.734. The first kappa shape index (κ1) is 18.1. The fraction of sp³-hybridized carbons (Fsp3) is 0.227. The van der Waals surface area contributed by atoms with E-state index in [2.05, 4.69) is 17.0 Å². The highest BCUT2D eigenvalue weighted by Crippen LogP contribution is 2.29. The van der Waals surface area contributed by atoms with Gasteiger partial charge in [-0.25, -0.2) is 4.79 Å². The SMILES string of the molecule is NC(=O)COC(=O)c1c2c(nc3ccccc13)CCN(Cc1ccccc1)C2. The molecule has 28 heavy (non-hydrogen) atoms. The van der Waals surface area contributed by atoms with Crippen LogP contribution in [-0.4, -0.2) is 34.9 Å². The van der Waals surface area contributed by atoms with Crippen molar-refractivity contribution in [2.75, 3.05) is 13.2 Å². The second-order valence-corrected chi connectivity index (χ2v) is 6.92. The molecule has 1 aliphatic heterocycles. The van der Waals surface area contributed by atoms with E-state index in [0.717, 1.165) is 41.7 Å². The van der Waals surface area contributed by atoms with E-state index < -0.39 is 18.5 Å². The summed E-state index contributed by atoms with van der Waals surface area (Å²) < 4.78 is 5.16. The van der Waals surface area contributed by atoms with Crippen molar-refractivity contribution >= 4 is 22.8 Å². The Kier molecular flexibility index (Phi) is 5.04. The molecule has 2 heterocycles. The van der Waals surface area contributed by atoms with Gasteiger partial charge in [0, 0.05) is 42.7 Å². The van der Waals surface area contributed by atoms with Crippen LogP contribution < -0.4 is 5.73 Å². The van der Waals surface area contributed by atoms with Gasteiger partial charge in [-0.2, -0.15) is 0 Å². The highest BCUT2D eigenvalue weighted by Gasteiger charge is 2.26. The quantitative estimate of drug-likeness (QED) is 0.692. The van der Waals surface area contributed by atoms with Crippen LogP contribution in [0.4, 0.5) is 0 Å². The van der Waals surface area contributed by atoms with Crippen LogP contribution in [0.2, 0.25) is 0 Å². The van der Waals surface area contributed by atoms with E-state index in [4.69, 9.17) is 15.5 Å². The van der Waals surface area contributed by atoms with E-state index in [1.165, 1.54) is 5.56 Å². The molecule has 0 atom stereocenters. The number of ether oxygens (including phenoxy) is 1. The molecule has 0 saturated carbocycles. The Morgan fingerprint density at radius 1 is 1.07 bits per heavy atom. The number of hydrogen-bond acceptors (Lipinski definition) is 5. The minimum absolute atomic E-state index is 0.433. The topological polar surface area (TPSA) is 85.5 Å². The van der Waals surface area contributed by atoms with Gasteiger partial charge in [-0.3, -0.25) is 14.7 Å². The lowest BCUT2D eigenvalue weighted by Crippen LogP contribution is -2.32. The third kappa shape index (κ3) is 3.73. The Labute approximate surface area is 162 Å². The van der Waals surface area contributed by atoms with E-state index >= 15 is 0 Å². The summed E-state index contributed by atoms with van der Waals surface area (Å²) in [5.41, 5.74) is 9.38. The summed E-state index contributed by atoms with van der Waals surface area (Å²) in [6.07, 6.45) is 0.753. The minimum atomic E-state index is -0.675. The van der Waals surface area contributed by atoms with E-state index in [1.54, 1.807) is 0 Å². The zero-order valence-electron chi connectivity index (χ0n) is 15.4. The monoisotopic (exact) mass is 375 g/mol. The smallest absolute Gasteiger partial charge is 0.339 e. The predicted octanol–water partition coefficient (Wildman–Crippen LogP) is 2.44. The number of hydrogen-bond donors (Lipinski definition) is 1. The fourth-order valence-corrected chi connectivity index (χ4v) is 3.66. The van der Waals surface area contributed by atoms with E-state index in [0.29, 0.717) is 12.1 Å². The van der Waals surface area contributed by atoms with Gasteiger partial charge in [-0.05, 0) is 11.6 Å². The number of primary amides is 1. The second-order valence-electron chi connectivity index (χ2n) is 6.92. The van der Waals surface area contributed by atoms with Crippen LogP contribution in [-0.2, 0) is 29.0 Å². The molecule has 1 aromatic heterocycles. The average Bonchev–Trinajstić information content (AvgIpc) is 2.71. The molecule has 0 radical (unpaired) electrons. The number of esters is 1. The lowest BCUT2D eigenvalue weighted by molar-refractivity contribution is -0.121.